The van der Waals surface area contributed by atoms with E-state index in [1.165, 1.54) is 7.11 Å². The zero-order valence-electron chi connectivity index (χ0n) is 11.0. The molecule has 5 heteroatoms. The van der Waals surface area contributed by atoms with Crippen LogP contribution in [-0.2, 0) is 14.3 Å². The van der Waals surface area contributed by atoms with Gasteiger partial charge in [0.1, 0.15) is 6.04 Å². The summed E-state index contributed by atoms with van der Waals surface area (Å²) in [5.74, 6) is -0.418. The molecular weight excluding hydrogens is 220 g/mol. The summed E-state index contributed by atoms with van der Waals surface area (Å²) in [4.78, 5) is 25.4. The summed E-state index contributed by atoms with van der Waals surface area (Å²) in [7, 11) is 1.35. The van der Waals surface area contributed by atoms with Crippen molar-refractivity contribution in [2.75, 3.05) is 13.7 Å². The first-order valence-corrected chi connectivity index (χ1v) is 6.09. The van der Waals surface area contributed by atoms with E-state index in [0.29, 0.717) is 6.54 Å². The lowest BCUT2D eigenvalue weighted by Crippen LogP contribution is -2.51. The van der Waals surface area contributed by atoms with Crippen molar-refractivity contribution < 1.29 is 14.3 Å². The fourth-order valence-electron chi connectivity index (χ4n) is 2.42. The Kier molecular flexibility index (Phi) is 4.93. The molecule has 1 fully saturated rings. The molecule has 1 rings (SSSR count). The molecule has 5 nitrogen and oxygen atoms in total. The summed E-state index contributed by atoms with van der Waals surface area (Å²) >= 11 is 0. The van der Waals surface area contributed by atoms with Crippen LogP contribution in [0, 0.1) is 0 Å². The van der Waals surface area contributed by atoms with Gasteiger partial charge in [0, 0.05) is 18.6 Å². The largest absolute Gasteiger partial charge is 0.469 e. The van der Waals surface area contributed by atoms with Gasteiger partial charge < -0.3 is 10.1 Å². The summed E-state index contributed by atoms with van der Waals surface area (Å²) in [5.41, 5.74) is 0. The first kappa shape index (κ1) is 14.0. The molecule has 98 valence electrons. The third-order valence-corrected chi connectivity index (χ3v) is 3.22. The third kappa shape index (κ3) is 3.43. The molecule has 0 bridgehead atoms. The lowest BCUT2D eigenvalue weighted by atomic mass is 10.1. The summed E-state index contributed by atoms with van der Waals surface area (Å²) in [5, 5.41) is 2.85. The third-order valence-electron chi connectivity index (χ3n) is 3.22. The van der Waals surface area contributed by atoms with E-state index >= 15 is 0 Å². The van der Waals surface area contributed by atoms with Gasteiger partial charge >= 0.3 is 5.97 Å². The molecule has 2 atom stereocenters. The van der Waals surface area contributed by atoms with Crippen LogP contribution in [0.4, 0.5) is 0 Å². The van der Waals surface area contributed by atoms with Crippen molar-refractivity contribution in [2.24, 2.45) is 0 Å². The molecule has 1 heterocycles. The van der Waals surface area contributed by atoms with Crippen LogP contribution >= 0.6 is 0 Å². The lowest BCUT2D eigenvalue weighted by molar-refractivity contribution is -0.145. The number of hydrogen-bond donors (Lipinski definition) is 1. The van der Waals surface area contributed by atoms with E-state index in [9.17, 15) is 9.59 Å². The predicted molar refractivity (Wildman–Crippen MR) is 64.5 cm³/mol. The second-order valence-electron chi connectivity index (χ2n) is 4.77. The van der Waals surface area contributed by atoms with Gasteiger partial charge in [0.15, 0.2) is 0 Å². The fourth-order valence-corrected chi connectivity index (χ4v) is 2.42. The quantitative estimate of drug-likeness (QED) is 0.734. The number of methoxy groups -OCH3 is 1. The Morgan fingerprint density at radius 3 is 2.76 bits per heavy atom. The highest BCUT2D eigenvalue weighted by Gasteiger charge is 2.35. The fraction of sp³-hybridized carbons (Fsp3) is 0.833. The van der Waals surface area contributed by atoms with Crippen LogP contribution in [0.5, 0.6) is 0 Å². The zero-order chi connectivity index (χ0) is 13.0. The molecule has 0 aromatic rings. The number of carbonyl (C=O) groups is 2. The van der Waals surface area contributed by atoms with Crippen molar-refractivity contribution >= 4 is 11.9 Å². The summed E-state index contributed by atoms with van der Waals surface area (Å²) in [6, 6.07) is 0.0899. The first-order chi connectivity index (χ1) is 7.97. The Bertz CT molecular complexity index is 291. The van der Waals surface area contributed by atoms with Crippen LogP contribution in [0.1, 0.15) is 33.6 Å². The van der Waals surface area contributed by atoms with Crippen molar-refractivity contribution in [2.45, 2.75) is 51.7 Å². The average Bonchev–Trinajstić information content (AvgIpc) is 2.39. The predicted octanol–water partition coefficient (Wildman–Crippen LogP) is 0.537. The van der Waals surface area contributed by atoms with Crippen LogP contribution < -0.4 is 5.32 Å². The Morgan fingerprint density at radius 2 is 2.24 bits per heavy atom. The summed E-state index contributed by atoms with van der Waals surface area (Å²) in [6.07, 6.45) is 1.02. The van der Waals surface area contributed by atoms with Crippen LogP contribution in [0.3, 0.4) is 0 Å². The molecule has 1 N–H and O–H groups in total. The smallest absolute Gasteiger partial charge is 0.307 e. The Morgan fingerprint density at radius 1 is 1.59 bits per heavy atom. The van der Waals surface area contributed by atoms with E-state index in [1.54, 1.807) is 0 Å². The van der Waals surface area contributed by atoms with E-state index in [4.69, 9.17) is 0 Å². The molecule has 17 heavy (non-hydrogen) atoms. The second kappa shape index (κ2) is 6.00. The van der Waals surface area contributed by atoms with Gasteiger partial charge in [0.05, 0.1) is 13.5 Å². The number of nitrogens with zero attached hydrogens (tertiary/aromatic N) is 1. The highest BCUT2D eigenvalue weighted by Crippen LogP contribution is 2.19. The average molecular weight is 242 g/mol. The number of rotatable bonds is 3. The van der Waals surface area contributed by atoms with Gasteiger partial charge in [0.25, 0.3) is 0 Å². The normalized spacial score (nSPS) is 26.5. The van der Waals surface area contributed by atoms with Crippen molar-refractivity contribution in [1.29, 1.82) is 0 Å². The highest BCUT2D eigenvalue weighted by molar-refractivity contribution is 5.86. The van der Waals surface area contributed by atoms with Gasteiger partial charge in [-0.15, -0.1) is 0 Å². The van der Waals surface area contributed by atoms with Crippen molar-refractivity contribution in [3.8, 4) is 0 Å². The number of nitrogens with one attached hydrogen (secondary N) is 1. The van der Waals surface area contributed by atoms with Crippen molar-refractivity contribution in [3.05, 3.63) is 0 Å². The van der Waals surface area contributed by atoms with Gasteiger partial charge in [-0.2, -0.15) is 0 Å². The van der Waals surface area contributed by atoms with Crippen molar-refractivity contribution in [3.63, 3.8) is 0 Å². The molecule has 0 aromatic heterocycles. The van der Waals surface area contributed by atoms with E-state index in [1.807, 2.05) is 13.8 Å². The van der Waals surface area contributed by atoms with Crippen molar-refractivity contribution in [1.82, 2.24) is 10.2 Å². The molecule has 1 aliphatic heterocycles. The number of esters is 1. The van der Waals surface area contributed by atoms with Crippen LogP contribution in [0.15, 0.2) is 0 Å². The number of carbonyl (C=O) groups excluding carboxylic acids is 2. The minimum absolute atomic E-state index is 0.0755. The molecule has 0 aromatic carbocycles. The zero-order valence-corrected chi connectivity index (χ0v) is 11.0. The van der Waals surface area contributed by atoms with Crippen LogP contribution in [0.2, 0.25) is 0 Å². The first-order valence-electron chi connectivity index (χ1n) is 6.09. The molecule has 1 aliphatic rings. The maximum atomic E-state index is 12.0. The standard InChI is InChI=1S/C12H22N2O3/c1-8(2)14-9(3)5-6-13-12(16)10(14)7-11(15)17-4/h8-10H,5-7H2,1-4H3,(H,13,16). The number of hydrogen-bond acceptors (Lipinski definition) is 4. The van der Waals surface area contributed by atoms with Gasteiger partial charge in [0.2, 0.25) is 5.91 Å². The summed E-state index contributed by atoms with van der Waals surface area (Å²) < 4.78 is 4.66. The molecular formula is C12H22N2O3. The van der Waals surface area contributed by atoms with E-state index in [0.717, 1.165) is 6.42 Å². The van der Waals surface area contributed by atoms with Crippen LogP contribution in [0.25, 0.3) is 0 Å². The van der Waals surface area contributed by atoms with Gasteiger partial charge in [-0.1, -0.05) is 0 Å². The monoisotopic (exact) mass is 242 g/mol. The molecule has 1 saturated heterocycles. The van der Waals surface area contributed by atoms with Gasteiger partial charge in [-0.3, -0.25) is 14.5 Å². The Balaban J connectivity index is 2.89. The molecule has 0 aliphatic carbocycles. The highest BCUT2D eigenvalue weighted by atomic mass is 16.5. The maximum absolute atomic E-state index is 12.0. The molecule has 0 spiro atoms. The SMILES string of the molecule is COC(=O)CC1C(=O)NCCC(C)N1C(C)C. The number of amides is 1. The lowest BCUT2D eigenvalue weighted by Gasteiger charge is -2.35. The topological polar surface area (TPSA) is 58.6 Å². The van der Waals surface area contributed by atoms with Gasteiger partial charge in [-0.25, -0.2) is 0 Å². The summed E-state index contributed by atoms with van der Waals surface area (Å²) in [6.45, 7) is 6.84. The molecule has 0 radical (unpaired) electrons. The molecule has 0 saturated carbocycles. The van der Waals surface area contributed by atoms with Gasteiger partial charge in [-0.05, 0) is 27.2 Å². The maximum Gasteiger partial charge on any atom is 0.307 e. The second-order valence-corrected chi connectivity index (χ2v) is 4.77. The minimum Gasteiger partial charge on any atom is -0.469 e. The number of ether oxygens (including phenoxy) is 1. The van der Waals surface area contributed by atoms with E-state index < -0.39 is 6.04 Å². The molecule has 2 unspecified atom stereocenters. The Hall–Kier alpha value is -1.10. The Labute approximate surface area is 102 Å². The minimum atomic E-state index is -0.417. The van der Waals surface area contributed by atoms with Crippen LogP contribution in [-0.4, -0.2) is 48.6 Å². The molecule has 1 amide bonds. The van der Waals surface area contributed by atoms with E-state index in [2.05, 4.69) is 21.9 Å². The van der Waals surface area contributed by atoms with E-state index in [-0.39, 0.29) is 30.4 Å².